The first-order valence-corrected chi connectivity index (χ1v) is 3.96. The summed E-state index contributed by atoms with van der Waals surface area (Å²) in [6, 6.07) is 4.88. The quantitative estimate of drug-likeness (QED) is 0.618. The summed E-state index contributed by atoms with van der Waals surface area (Å²) < 4.78 is 12.8. The molecule has 1 aliphatic heterocycles. The zero-order valence-corrected chi connectivity index (χ0v) is 6.89. The Bertz CT molecular complexity index is 342. The van der Waals surface area contributed by atoms with Crippen LogP contribution in [0.15, 0.2) is 23.9 Å². The molecule has 2 heteroatoms. The van der Waals surface area contributed by atoms with Crippen molar-refractivity contribution >= 4 is 6.08 Å². The van der Waals surface area contributed by atoms with Gasteiger partial charge in [-0.2, -0.15) is 0 Å². The normalized spacial score (nSPS) is 14.7. The monoisotopic (exact) mass is 163 g/mol. The zero-order chi connectivity index (χ0) is 8.55. The van der Waals surface area contributed by atoms with Crippen LogP contribution in [-0.2, 0) is 6.54 Å². The number of fused-ring (bicyclic) bond motifs is 1. The predicted molar refractivity (Wildman–Crippen MR) is 46.9 cm³/mol. The Morgan fingerprint density at radius 3 is 3.08 bits per heavy atom. The van der Waals surface area contributed by atoms with Crippen LogP contribution in [0.5, 0.6) is 0 Å². The smallest absolute Gasteiger partial charge is 0.123 e. The first kappa shape index (κ1) is 7.35. The highest BCUT2D eigenvalue weighted by atomic mass is 19.1. The third kappa shape index (κ3) is 1.20. The first-order chi connectivity index (χ1) is 5.75. The van der Waals surface area contributed by atoms with E-state index < -0.39 is 0 Å². The molecule has 0 bridgehead atoms. The van der Waals surface area contributed by atoms with Gasteiger partial charge in [0, 0.05) is 12.2 Å². The molecule has 2 rings (SSSR count). The van der Waals surface area contributed by atoms with Gasteiger partial charge in [-0.3, -0.25) is 0 Å². The summed E-state index contributed by atoms with van der Waals surface area (Å²) >= 11 is 0. The molecule has 1 aliphatic rings. The highest BCUT2D eigenvalue weighted by Gasteiger charge is 2.06. The van der Waals surface area contributed by atoms with Crippen LogP contribution in [0.2, 0.25) is 0 Å². The molecule has 0 radical (unpaired) electrons. The second-order valence-corrected chi connectivity index (χ2v) is 3.02. The third-order valence-electron chi connectivity index (χ3n) is 2.04. The molecule has 1 aromatic rings. The average molecular weight is 163 g/mol. The molecular weight excluding hydrogens is 153 g/mol. The summed E-state index contributed by atoms with van der Waals surface area (Å²) in [5.74, 6) is -0.167. The van der Waals surface area contributed by atoms with Crippen LogP contribution < -0.4 is 5.32 Å². The Labute approximate surface area is 70.9 Å². The number of hydrogen-bond donors (Lipinski definition) is 1. The van der Waals surface area contributed by atoms with Crippen molar-refractivity contribution in [1.29, 1.82) is 0 Å². The fourth-order valence-electron chi connectivity index (χ4n) is 1.38. The van der Waals surface area contributed by atoms with Crippen molar-refractivity contribution in [2.45, 2.75) is 13.5 Å². The fourth-order valence-corrected chi connectivity index (χ4v) is 1.38. The summed E-state index contributed by atoms with van der Waals surface area (Å²) in [4.78, 5) is 0. The summed E-state index contributed by atoms with van der Waals surface area (Å²) in [6.45, 7) is 2.78. The van der Waals surface area contributed by atoms with E-state index in [0.29, 0.717) is 0 Å². The van der Waals surface area contributed by atoms with Crippen LogP contribution in [0.4, 0.5) is 4.39 Å². The fraction of sp³-hybridized carbons (Fsp3) is 0.200. The van der Waals surface area contributed by atoms with Crippen molar-refractivity contribution in [3.05, 3.63) is 40.8 Å². The maximum absolute atomic E-state index is 12.8. The van der Waals surface area contributed by atoms with E-state index in [-0.39, 0.29) is 5.82 Å². The number of nitrogens with one attached hydrogen (secondary N) is 1. The van der Waals surface area contributed by atoms with Crippen LogP contribution in [-0.4, -0.2) is 0 Å². The molecule has 1 heterocycles. The largest absolute Gasteiger partial charge is 0.384 e. The van der Waals surface area contributed by atoms with E-state index in [2.05, 4.69) is 5.32 Å². The van der Waals surface area contributed by atoms with Crippen molar-refractivity contribution in [3.63, 3.8) is 0 Å². The standard InChI is InChI=1S/C10H10FN/c1-7-4-9-5-10(11)3-2-8(9)6-12-7/h2-5,12H,6H2,1H3. The Morgan fingerprint density at radius 1 is 1.42 bits per heavy atom. The number of benzene rings is 1. The van der Waals surface area contributed by atoms with E-state index in [9.17, 15) is 4.39 Å². The van der Waals surface area contributed by atoms with Gasteiger partial charge >= 0.3 is 0 Å². The number of hydrogen-bond acceptors (Lipinski definition) is 1. The first-order valence-electron chi connectivity index (χ1n) is 3.96. The van der Waals surface area contributed by atoms with Gasteiger partial charge in [0.2, 0.25) is 0 Å². The van der Waals surface area contributed by atoms with Gasteiger partial charge in [-0.1, -0.05) is 6.07 Å². The van der Waals surface area contributed by atoms with E-state index in [1.54, 1.807) is 6.07 Å². The second-order valence-electron chi connectivity index (χ2n) is 3.02. The molecule has 0 aromatic heterocycles. The Hall–Kier alpha value is -1.31. The predicted octanol–water partition coefficient (Wildman–Crippen LogP) is 2.29. The van der Waals surface area contributed by atoms with Gasteiger partial charge < -0.3 is 5.32 Å². The minimum absolute atomic E-state index is 0.167. The minimum atomic E-state index is -0.167. The van der Waals surface area contributed by atoms with Crippen molar-refractivity contribution < 1.29 is 4.39 Å². The van der Waals surface area contributed by atoms with Gasteiger partial charge in [-0.25, -0.2) is 4.39 Å². The molecule has 0 saturated carbocycles. The number of halogens is 1. The van der Waals surface area contributed by atoms with Crippen molar-refractivity contribution in [3.8, 4) is 0 Å². The molecule has 0 aliphatic carbocycles. The molecule has 0 fully saturated rings. The molecule has 0 amide bonds. The topological polar surface area (TPSA) is 12.0 Å². The zero-order valence-electron chi connectivity index (χ0n) is 6.89. The van der Waals surface area contributed by atoms with Crippen LogP contribution in [0.25, 0.3) is 6.08 Å². The van der Waals surface area contributed by atoms with Gasteiger partial charge in [-0.05, 0) is 36.3 Å². The lowest BCUT2D eigenvalue weighted by Crippen LogP contribution is -2.15. The van der Waals surface area contributed by atoms with E-state index in [4.69, 9.17) is 0 Å². The molecule has 0 unspecified atom stereocenters. The van der Waals surface area contributed by atoms with E-state index in [1.807, 2.05) is 19.1 Å². The van der Waals surface area contributed by atoms with Crippen molar-refractivity contribution in [2.75, 3.05) is 0 Å². The molecule has 1 aromatic carbocycles. The Balaban J connectivity index is 2.53. The van der Waals surface area contributed by atoms with Gasteiger partial charge in [-0.15, -0.1) is 0 Å². The number of rotatable bonds is 0. The SMILES string of the molecule is CC1=Cc2cc(F)ccc2CN1. The Kier molecular flexibility index (Phi) is 1.61. The lowest BCUT2D eigenvalue weighted by atomic mass is 10.0. The van der Waals surface area contributed by atoms with Gasteiger partial charge in [0.25, 0.3) is 0 Å². The lowest BCUT2D eigenvalue weighted by molar-refractivity contribution is 0.625. The van der Waals surface area contributed by atoms with Crippen LogP contribution >= 0.6 is 0 Å². The summed E-state index contributed by atoms with van der Waals surface area (Å²) in [5, 5.41) is 3.20. The molecule has 0 spiro atoms. The van der Waals surface area contributed by atoms with E-state index in [0.717, 1.165) is 23.4 Å². The Morgan fingerprint density at radius 2 is 2.25 bits per heavy atom. The van der Waals surface area contributed by atoms with Crippen molar-refractivity contribution in [2.24, 2.45) is 0 Å². The molecule has 0 saturated heterocycles. The minimum Gasteiger partial charge on any atom is -0.384 e. The van der Waals surface area contributed by atoms with Crippen LogP contribution in [0.1, 0.15) is 18.1 Å². The highest BCUT2D eigenvalue weighted by molar-refractivity contribution is 5.58. The van der Waals surface area contributed by atoms with E-state index >= 15 is 0 Å². The van der Waals surface area contributed by atoms with Gasteiger partial charge in [0.05, 0.1) is 0 Å². The second kappa shape index (κ2) is 2.63. The van der Waals surface area contributed by atoms with Gasteiger partial charge in [0.15, 0.2) is 0 Å². The maximum atomic E-state index is 12.8. The molecular formula is C10H10FN. The summed E-state index contributed by atoms with van der Waals surface area (Å²) in [6.07, 6.45) is 1.96. The number of allylic oxidation sites excluding steroid dienone is 1. The summed E-state index contributed by atoms with van der Waals surface area (Å²) in [5.41, 5.74) is 3.24. The van der Waals surface area contributed by atoms with Crippen LogP contribution in [0.3, 0.4) is 0 Å². The highest BCUT2D eigenvalue weighted by Crippen LogP contribution is 2.18. The van der Waals surface area contributed by atoms with Gasteiger partial charge in [0.1, 0.15) is 5.82 Å². The van der Waals surface area contributed by atoms with E-state index in [1.165, 1.54) is 6.07 Å². The molecule has 1 nitrogen and oxygen atoms in total. The lowest BCUT2D eigenvalue weighted by Gasteiger charge is -2.15. The maximum Gasteiger partial charge on any atom is 0.123 e. The molecule has 0 atom stereocenters. The molecule has 62 valence electrons. The third-order valence-corrected chi connectivity index (χ3v) is 2.04. The van der Waals surface area contributed by atoms with Crippen molar-refractivity contribution in [1.82, 2.24) is 5.32 Å². The molecule has 12 heavy (non-hydrogen) atoms. The van der Waals surface area contributed by atoms with Crippen LogP contribution in [0, 0.1) is 5.82 Å². The summed E-state index contributed by atoms with van der Waals surface area (Å²) in [7, 11) is 0. The average Bonchev–Trinajstić information content (AvgIpc) is 2.03. The molecule has 1 N–H and O–H groups in total.